The largest absolute Gasteiger partial charge is 0.425 e. The Labute approximate surface area is 167 Å². The van der Waals surface area contributed by atoms with Crippen molar-refractivity contribution in [2.24, 2.45) is 0 Å². The Balaban J connectivity index is 1.48. The van der Waals surface area contributed by atoms with E-state index in [2.05, 4.69) is 6.07 Å². The van der Waals surface area contributed by atoms with Crippen LogP contribution in [0.4, 0.5) is 0 Å². The molecule has 0 aliphatic heterocycles. The number of para-hydroxylation sites is 1. The Morgan fingerprint density at radius 3 is 2.24 bits per heavy atom. The number of esters is 1. The minimum absolute atomic E-state index is 0.00182. The summed E-state index contributed by atoms with van der Waals surface area (Å²) >= 11 is 0. The number of nitriles is 1. The number of nitrogens with zero attached hydrogens (tertiary/aromatic N) is 2. The van der Waals surface area contributed by atoms with Crippen LogP contribution < -0.4 is 10.2 Å². The van der Waals surface area contributed by atoms with Gasteiger partial charge in [0.1, 0.15) is 12.3 Å². The average molecular weight is 380 g/mol. The molecule has 0 spiro atoms. The molecule has 0 atom stereocenters. The molecule has 140 valence electrons. The first-order valence-electron chi connectivity index (χ1n) is 9.03. The van der Waals surface area contributed by atoms with Crippen LogP contribution in [-0.4, -0.2) is 10.5 Å². The van der Waals surface area contributed by atoms with E-state index < -0.39 is 5.97 Å². The third kappa shape index (κ3) is 3.92. The molecular weight excluding hydrogens is 364 g/mol. The van der Waals surface area contributed by atoms with Crippen molar-refractivity contribution in [3.63, 3.8) is 0 Å². The van der Waals surface area contributed by atoms with Gasteiger partial charge in [-0.3, -0.25) is 4.79 Å². The number of carbonyl (C=O) groups is 1. The molecule has 0 amide bonds. The van der Waals surface area contributed by atoms with Crippen LogP contribution in [0.2, 0.25) is 0 Å². The van der Waals surface area contributed by atoms with Crippen LogP contribution in [0.1, 0.15) is 5.56 Å². The number of hydrogen-bond acceptors (Lipinski definition) is 4. The predicted octanol–water partition coefficient (Wildman–Crippen LogP) is 4.15. The first-order valence-corrected chi connectivity index (χ1v) is 9.03. The van der Waals surface area contributed by atoms with Crippen molar-refractivity contribution in [1.82, 2.24) is 4.57 Å². The van der Waals surface area contributed by atoms with Gasteiger partial charge in [-0.1, -0.05) is 36.4 Å². The molecule has 0 saturated carbocycles. The van der Waals surface area contributed by atoms with Crippen LogP contribution in [0.15, 0.2) is 89.9 Å². The summed E-state index contributed by atoms with van der Waals surface area (Å²) in [5.74, 6) is 0.0164. The molecule has 0 saturated heterocycles. The maximum absolute atomic E-state index is 12.4. The monoisotopic (exact) mass is 380 g/mol. The van der Waals surface area contributed by atoms with Crippen LogP contribution in [0.3, 0.4) is 0 Å². The van der Waals surface area contributed by atoms with Gasteiger partial charge < -0.3 is 9.30 Å². The molecule has 1 heterocycles. The fraction of sp³-hybridized carbons (Fsp3) is 0.0417. The maximum atomic E-state index is 12.4. The average Bonchev–Trinajstić information content (AvgIpc) is 2.76. The van der Waals surface area contributed by atoms with E-state index >= 15 is 0 Å². The fourth-order valence-corrected chi connectivity index (χ4v) is 3.15. The van der Waals surface area contributed by atoms with Gasteiger partial charge in [-0.2, -0.15) is 5.26 Å². The predicted molar refractivity (Wildman–Crippen MR) is 110 cm³/mol. The Kier molecular flexibility index (Phi) is 4.91. The van der Waals surface area contributed by atoms with Crippen molar-refractivity contribution < 1.29 is 9.53 Å². The van der Waals surface area contributed by atoms with Crippen molar-refractivity contribution in [3.05, 3.63) is 101 Å². The van der Waals surface area contributed by atoms with E-state index in [1.807, 2.05) is 30.3 Å². The van der Waals surface area contributed by atoms with Crippen molar-refractivity contribution in [2.75, 3.05) is 0 Å². The van der Waals surface area contributed by atoms with Gasteiger partial charge in [0.2, 0.25) is 0 Å². The Bertz CT molecular complexity index is 1280. The van der Waals surface area contributed by atoms with E-state index in [1.54, 1.807) is 53.2 Å². The van der Waals surface area contributed by atoms with Crippen LogP contribution in [0, 0.1) is 11.3 Å². The number of fused-ring (bicyclic) bond motifs is 1. The third-order valence-corrected chi connectivity index (χ3v) is 4.62. The highest BCUT2D eigenvalue weighted by Gasteiger charge is 2.09. The summed E-state index contributed by atoms with van der Waals surface area (Å²) in [7, 11) is 0. The summed E-state index contributed by atoms with van der Waals surface area (Å²) in [4.78, 5) is 24.3. The summed E-state index contributed by atoms with van der Waals surface area (Å²) in [6, 6.07) is 25.2. The highest BCUT2D eigenvalue weighted by Crippen LogP contribution is 2.23. The van der Waals surface area contributed by atoms with Crippen LogP contribution in [0.25, 0.3) is 22.0 Å². The minimum Gasteiger partial charge on any atom is -0.425 e. The topological polar surface area (TPSA) is 72.1 Å². The van der Waals surface area contributed by atoms with E-state index in [1.165, 1.54) is 6.07 Å². The highest BCUT2D eigenvalue weighted by atomic mass is 16.5. The molecule has 0 aliphatic carbocycles. The Morgan fingerprint density at radius 2 is 1.55 bits per heavy atom. The number of aromatic nitrogens is 1. The van der Waals surface area contributed by atoms with Gasteiger partial charge in [0, 0.05) is 17.6 Å². The van der Waals surface area contributed by atoms with Gasteiger partial charge in [-0.05, 0) is 47.5 Å². The molecule has 29 heavy (non-hydrogen) atoms. The first-order chi connectivity index (χ1) is 14.1. The number of pyridine rings is 1. The lowest BCUT2D eigenvalue weighted by Gasteiger charge is -2.10. The summed E-state index contributed by atoms with van der Waals surface area (Å²) in [5, 5.41) is 9.45. The standard InChI is InChI=1S/C24H16N2O3/c25-15-17-5-7-18(8-6-17)19-9-11-20(12-10-19)29-24(28)16-26-14-13-23(27)21-3-1-2-4-22(21)26/h1-14H,16H2. The molecule has 5 heteroatoms. The zero-order valence-electron chi connectivity index (χ0n) is 15.4. The molecule has 4 rings (SSSR count). The molecule has 0 radical (unpaired) electrons. The zero-order valence-corrected chi connectivity index (χ0v) is 15.4. The van der Waals surface area contributed by atoms with Gasteiger partial charge in [0.15, 0.2) is 5.43 Å². The number of rotatable bonds is 4. The molecule has 0 unspecified atom stereocenters. The van der Waals surface area contributed by atoms with Crippen molar-refractivity contribution in [2.45, 2.75) is 6.54 Å². The summed E-state index contributed by atoms with van der Waals surface area (Å²) in [5.41, 5.74) is 3.15. The summed E-state index contributed by atoms with van der Waals surface area (Å²) in [6.07, 6.45) is 1.60. The molecule has 0 fully saturated rings. The van der Waals surface area contributed by atoms with Crippen LogP contribution >= 0.6 is 0 Å². The van der Waals surface area contributed by atoms with E-state index in [0.29, 0.717) is 22.2 Å². The highest BCUT2D eigenvalue weighted by molar-refractivity contribution is 5.81. The quantitative estimate of drug-likeness (QED) is 0.394. The van der Waals surface area contributed by atoms with E-state index in [4.69, 9.17) is 10.00 Å². The van der Waals surface area contributed by atoms with E-state index in [9.17, 15) is 9.59 Å². The van der Waals surface area contributed by atoms with Crippen LogP contribution in [0.5, 0.6) is 5.75 Å². The molecular formula is C24H16N2O3. The zero-order chi connectivity index (χ0) is 20.2. The fourth-order valence-electron chi connectivity index (χ4n) is 3.15. The van der Waals surface area contributed by atoms with Gasteiger partial charge in [-0.25, -0.2) is 4.79 Å². The molecule has 0 bridgehead atoms. The Morgan fingerprint density at radius 1 is 0.897 bits per heavy atom. The second kappa shape index (κ2) is 7.83. The lowest BCUT2D eigenvalue weighted by Crippen LogP contribution is -2.18. The number of carbonyl (C=O) groups excluding carboxylic acids is 1. The SMILES string of the molecule is N#Cc1ccc(-c2ccc(OC(=O)Cn3ccc(=O)c4ccccc43)cc2)cc1. The number of hydrogen-bond donors (Lipinski definition) is 0. The number of benzene rings is 3. The van der Waals surface area contributed by atoms with Gasteiger partial charge in [0.05, 0.1) is 17.1 Å². The van der Waals surface area contributed by atoms with Gasteiger partial charge in [0.25, 0.3) is 0 Å². The second-order valence-corrected chi connectivity index (χ2v) is 6.51. The normalized spacial score (nSPS) is 10.4. The smallest absolute Gasteiger partial charge is 0.331 e. The Hall–Kier alpha value is -4.17. The lowest BCUT2D eigenvalue weighted by atomic mass is 10.0. The summed E-state index contributed by atoms with van der Waals surface area (Å²) < 4.78 is 7.14. The van der Waals surface area contributed by atoms with E-state index in [-0.39, 0.29) is 12.0 Å². The van der Waals surface area contributed by atoms with Crippen molar-refractivity contribution >= 4 is 16.9 Å². The lowest BCUT2D eigenvalue weighted by molar-refractivity contribution is -0.134. The maximum Gasteiger partial charge on any atom is 0.331 e. The number of ether oxygens (including phenoxy) is 1. The van der Waals surface area contributed by atoms with Gasteiger partial charge in [-0.15, -0.1) is 0 Å². The van der Waals surface area contributed by atoms with Gasteiger partial charge >= 0.3 is 5.97 Å². The molecule has 1 aromatic heterocycles. The molecule has 5 nitrogen and oxygen atoms in total. The molecule has 3 aromatic carbocycles. The van der Waals surface area contributed by atoms with E-state index in [0.717, 1.165) is 11.1 Å². The first kappa shape index (κ1) is 18.2. The second-order valence-electron chi connectivity index (χ2n) is 6.51. The minimum atomic E-state index is -0.426. The third-order valence-electron chi connectivity index (χ3n) is 4.62. The summed E-state index contributed by atoms with van der Waals surface area (Å²) in [6.45, 7) is -0.00182. The van der Waals surface area contributed by atoms with Crippen LogP contribution in [-0.2, 0) is 11.3 Å². The van der Waals surface area contributed by atoms with Crippen molar-refractivity contribution in [3.8, 4) is 22.9 Å². The van der Waals surface area contributed by atoms with Crippen molar-refractivity contribution in [1.29, 1.82) is 5.26 Å². The molecule has 0 aliphatic rings. The molecule has 0 N–H and O–H groups in total. The molecule has 4 aromatic rings.